The van der Waals surface area contributed by atoms with Crippen LogP contribution in [0.25, 0.3) is 11.1 Å². The van der Waals surface area contributed by atoms with Crippen LogP contribution in [0.5, 0.6) is 0 Å². The third kappa shape index (κ3) is 3.47. The van der Waals surface area contributed by atoms with Gasteiger partial charge in [-0.15, -0.1) is 0 Å². The fourth-order valence-corrected chi connectivity index (χ4v) is 3.62. The molecule has 0 saturated carbocycles. The van der Waals surface area contributed by atoms with Crippen molar-refractivity contribution in [2.45, 2.75) is 5.92 Å². The molecule has 30 heavy (non-hydrogen) atoms. The summed E-state index contributed by atoms with van der Waals surface area (Å²) in [7, 11) is 1.21. The summed E-state index contributed by atoms with van der Waals surface area (Å²) in [5.74, 6) is -0.830. The van der Waals surface area contributed by atoms with E-state index in [1.165, 1.54) is 19.4 Å². The maximum Gasteiger partial charge on any atom is 0.412 e. The lowest BCUT2D eigenvalue weighted by Gasteiger charge is -2.15. The van der Waals surface area contributed by atoms with Crippen LogP contribution in [-0.4, -0.2) is 30.8 Å². The maximum atomic E-state index is 12.4. The van der Waals surface area contributed by atoms with Crippen molar-refractivity contribution in [1.82, 2.24) is 4.98 Å². The second-order valence-electron chi connectivity index (χ2n) is 6.67. The highest BCUT2D eigenvalue weighted by Gasteiger charge is 2.29. The first-order valence-corrected chi connectivity index (χ1v) is 9.23. The summed E-state index contributed by atoms with van der Waals surface area (Å²) in [5.41, 5.74) is 4.60. The number of ether oxygens (including phenoxy) is 2. The SMILES string of the molecule is COC(=O)c1cc(C#N)cnc1NC(=O)OCC1c2ccccc2-c2ccccc21. The summed E-state index contributed by atoms with van der Waals surface area (Å²) in [5, 5.41) is 11.5. The molecule has 0 saturated heterocycles. The van der Waals surface area contributed by atoms with Crippen LogP contribution in [0.15, 0.2) is 60.8 Å². The van der Waals surface area contributed by atoms with E-state index >= 15 is 0 Å². The van der Waals surface area contributed by atoms with Crippen molar-refractivity contribution in [3.63, 3.8) is 0 Å². The largest absolute Gasteiger partial charge is 0.465 e. The molecule has 0 aliphatic heterocycles. The average molecular weight is 399 g/mol. The average Bonchev–Trinajstić information content (AvgIpc) is 3.11. The fourth-order valence-electron chi connectivity index (χ4n) is 3.62. The third-order valence-corrected chi connectivity index (χ3v) is 4.99. The first kappa shape index (κ1) is 19.2. The number of nitriles is 1. The molecule has 0 radical (unpaired) electrons. The molecule has 148 valence electrons. The first-order chi connectivity index (χ1) is 14.6. The van der Waals surface area contributed by atoms with Gasteiger partial charge in [-0.2, -0.15) is 5.26 Å². The van der Waals surface area contributed by atoms with Crippen molar-refractivity contribution >= 4 is 17.9 Å². The molecule has 1 aliphatic carbocycles. The lowest BCUT2D eigenvalue weighted by molar-refractivity contribution is 0.0601. The van der Waals surface area contributed by atoms with Crippen LogP contribution in [0.1, 0.15) is 33.0 Å². The van der Waals surface area contributed by atoms with Crippen LogP contribution in [0, 0.1) is 11.3 Å². The molecule has 4 rings (SSSR count). The molecule has 0 bridgehead atoms. The molecule has 2 aromatic carbocycles. The fraction of sp³-hybridized carbons (Fsp3) is 0.130. The third-order valence-electron chi connectivity index (χ3n) is 4.99. The molecule has 3 aromatic rings. The number of hydrogen-bond donors (Lipinski definition) is 1. The van der Waals surface area contributed by atoms with Crippen LogP contribution in [0.2, 0.25) is 0 Å². The minimum atomic E-state index is -0.751. The summed E-state index contributed by atoms with van der Waals surface area (Å²) in [6.07, 6.45) is 0.505. The number of carbonyl (C=O) groups excluding carboxylic acids is 2. The quantitative estimate of drug-likeness (QED) is 0.663. The number of rotatable bonds is 4. The Labute approximate surface area is 172 Å². The van der Waals surface area contributed by atoms with E-state index in [0.29, 0.717) is 0 Å². The number of anilines is 1. The van der Waals surface area contributed by atoms with Gasteiger partial charge in [-0.3, -0.25) is 5.32 Å². The zero-order valence-electron chi connectivity index (χ0n) is 16.1. The Morgan fingerprint density at radius 2 is 1.73 bits per heavy atom. The molecule has 7 nitrogen and oxygen atoms in total. The number of pyridine rings is 1. The molecule has 1 N–H and O–H groups in total. The normalized spacial score (nSPS) is 11.7. The molecular weight excluding hydrogens is 382 g/mol. The van der Waals surface area contributed by atoms with Crippen LogP contribution in [0.3, 0.4) is 0 Å². The number of hydrogen-bond acceptors (Lipinski definition) is 6. The van der Waals surface area contributed by atoms with E-state index in [2.05, 4.69) is 22.4 Å². The number of aromatic nitrogens is 1. The highest BCUT2D eigenvalue weighted by atomic mass is 16.5. The van der Waals surface area contributed by atoms with Crippen molar-refractivity contribution in [3.8, 4) is 17.2 Å². The van der Waals surface area contributed by atoms with Gasteiger partial charge in [0.2, 0.25) is 0 Å². The molecule has 1 amide bonds. The van der Waals surface area contributed by atoms with Crippen molar-refractivity contribution < 1.29 is 19.1 Å². The Hall–Kier alpha value is -4.18. The van der Waals surface area contributed by atoms with Gasteiger partial charge in [0, 0.05) is 12.1 Å². The van der Waals surface area contributed by atoms with Gasteiger partial charge in [-0.1, -0.05) is 48.5 Å². The van der Waals surface area contributed by atoms with Gasteiger partial charge in [0.15, 0.2) is 0 Å². The molecule has 0 atom stereocenters. The molecule has 0 spiro atoms. The standard InChI is InChI=1S/C23H17N3O4/c1-29-22(27)19-10-14(11-24)12-25-21(19)26-23(28)30-13-20-17-8-4-2-6-15(17)16-7-3-5-9-18(16)20/h2-10,12,20H,13H2,1H3,(H,25,26,28). The van der Waals surface area contributed by atoms with E-state index in [1.54, 1.807) is 0 Å². The number of methoxy groups -OCH3 is 1. The minimum Gasteiger partial charge on any atom is -0.465 e. The van der Waals surface area contributed by atoms with Crippen LogP contribution < -0.4 is 5.32 Å². The summed E-state index contributed by atoms with van der Waals surface area (Å²) >= 11 is 0. The zero-order valence-corrected chi connectivity index (χ0v) is 16.1. The monoisotopic (exact) mass is 399 g/mol. The Bertz CT molecular complexity index is 1140. The van der Waals surface area contributed by atoms with Gasteiger partial charge in [0.25, 0.3) is 0 Å². The number of nitrogens with zero attached hydrogens (tertiary/aromatic N) is 2. The Kier molecular flexibility index (Phi) is 5.14. The molecule has 0 fully saturated rings. The number of esters is 1. The molecule has 1 heterocycles. The molecular formula is C23H17N3O4. The molecule has 7 heteroatoms. The van der Waals surface area contributed by atoms with Crippen LogP contribution >= 0.6 is 0 Å². The number of nitrogens with one attached hydrogen (secondary N) is 1. The summed E-state index contributed by atoms with van der Waals surface area (Å²) in [4.78, 5) is 28.4. The number of benzene rings is 2. The number of fused-ring (bicyclic) bond motifs is 3. The second kappa shape index (κ2) is 8.05. The van der Waals surface area contributed by atoms with E-state index in [4.69, 9.17) is 14.7 Å². The Morgan fingerprint density at radius 1 is 1.10 bits per heavy atom. The van der Waals surface area contributed by atoms with Crippen molar-refractivity contribution in [1.29, 1.82) is 5.26 Å². The molecule has 1 aliphatic rings. The van der Waals surface area contributed by atoms with E-state index in [-0.39, 0.29) is 29.5 Å². The molecule has 1 aromatic heterocycles. The van der Waals surface area contributed by atoms with E-state index in [9.17, 15) is 9.59 Å². The first-order valence-electron chi connectivity index (χ1n) is 9.23. The van der Waals surface area contributed by atoms with Crippen molar-refractivity contribution in [3.05, 3.63) is 83.0 Å². The summed E-state index contributed by atoms with van der Waals surface area (Å²) < 4.78 is 10.2. The number of amides is 1. The minimum absolute atomic E-state index is 0.0231. The Balaban J connectivity index is 1.52. The summed E-state index contributed by atoms with van der Waals surface area (Å²) in [6, 6.07) is 19.2. The van der Waals surface area contributed by atoms with E-state index in [1.807, 2.05) is 42.5 Å². The second-order valence-corrected chi connectivity index (χ2v) is 6.67. The highest BCUT2D eigenvalue weighted by Crippen LogP contribution is 2.44. The lowest BCUT2D eigenvalue weighted by Crippen LogP contribution is -2.20. The van der Waals surface area contributed by atoms with Gasteiger partial charge in [0.05, 0.1) is 12.7 Å². The van der Waals surface area contributed by atoms with E-state index in [0.717, 1.165) is 22.3 Å². The van der Waals surface area contributed by atoms with Gasteiger partial charge in [-0.05, 0) is 28.3 Å². The van der Waals surface area contributed by atoms with Crippen molar-refractivity contribution in [2.24, 2.45) is 0 Å². The van der Waals surface area contributed by atoms with Gasteiger partial charge >= 0.3 is 12.1 Å². The lowest BCUT2D eigenvalue weighted by atomic mass is 9.98. The van der Waals surface area contributed by atoms with Gasteiger partial charge in [0.1, 0.15) is 24.1 Å². The molecule has 0 unspecified atom stereocenters. The van der Waals surface area contributed by atoms with Crippen LogP contribution in [-0.2, 0) is 9.47 Å². The number of carbonyl (C=O) groups is 2. The van der Waals surface area contributed by atoms with E-state index < -0.39 is 12.1 Å². The topological polar surface area (TPSA) is 101 Å². The van der Waals surface area contributed by atoms with Crippen molar-refractivity contribution in [2.75, 3.05) is 19.0 Å². The smallest absolute Gasteiger partial charge is 0.412 e. The maximum absolute atomic E-state index is 12.4. The highest BCUT2D eigenvalue weighted by molar-refractivity contribution is 5.98. The summed E-state index contributed by atoms with van der Waals surface area (Å²) in [6.45, 7) is 0.129. The van der Waals surface area contributed by atoms with Gasteiger partial charge in [-0.25, -0.2) is 14.6 Å². The predicted molar refractivity (Wildman–Crippen MR) is 109 cm³/mol. The predicted octanol–water partition coefficient (Wildman–Crippen LogP) is 4.10. The van der Waals surface area contributed by atoms with Crippen LogP contribution in [0.4, 0.5) is 10.6 Å². The Morgan fingerprint density at radius 3 is 2.33 bits per heavy atom. The zero-order chi connectivity index (χ0) is 21.1. The van der Waals surface area contributed by atoms with Gasteiger partial charge < -0.3 is 9.47 Å².